The first kappa shape index (κ1) is 20.6. The summed E-state index contributed by atoms with van der Waals surface area (Å²) < 4.78 is 11.2. The van der Waals surface area contributed by atoms with Crippen LogP contribution in [0.25, 0.3) is 0 Å². The standard InChI is InChI=1S/C23H27N3O3S/c1-16-19(17(2)29-25-16)15-28-21-9-4-3-8-18(21)23(27)24-14-20(22-10-7-13-30-22)26-11-5-6-12-26/h3-4,7-10,13,20H,5-6,11-12,14-15H2,1-2H3,(H,24,27). The number of benzene rings is 1. The number of amides is 1. The first-order valence-electron chi connectivity index (χ1n) is 10.3. The first-order chi connectivity index (χ1) is 14.6. The quantitative estimate of drug-likeness (QED) is 0.576. The van der Waals surface area contributed by atoms with E-state index in [2.05, 4.69) is 32.9 Å². The summed E-state index contributed by atoms with van der Waals surface area (Å²) in [6.45, 7) is 6.80. The largest absolute Gasteiger partial charge is 0.488 e. The zero-order valence-corrected chi connectivity index (χ0v) is 18.2. The Kier molecular flexibility index (Phi) is 6.50. The molecule has 1 atom stereocenters. The Balaban J connectivity index is 1.44. The lowest BCUT2D eigenvalue weighted by Gasteiger charge is -2.27. The van der Waals surface area contributed by atoms with Gasteiger partial charge in [-0.25, -0.2) is 0 Å². The highest BCUT2D eigenvalue weighted by Crippen LogP contribution is 2.28. The maximum atomic E-state index is 13.0. The third-order valence-corrected chi connectivity index (χ3v) is 6.57. The monoisotopic (exact) mass is 425 g/mol. The van der Waals surface area contributed by atoms with Gasteiger partial charge in [-0.05, 0) is 63.4 Å². The molecule has 4 rings (SSSR count). The second kappa shape index (κ2) is 9.45. The molecule has 3 aromatic rings. The van der Waals surface area contributed by atoms with E-state index in [-0.39, 0.29) is 11.9 Å². The maximum Gasteiger partial charge on any atom is 0.255 e. The number of aromatic nitrogens is 1. The molecule has 1 aliphatic rings. The van der Waals surface area contributed by atoms with Crippen LogP contribution in [0.2, 0.25) is 0 Å². The van der Waals surface area contributed by atoms with Gasteiger partial charge in [0.05, 0.1) is 22.9 Å². The molecule has 1 N–H and O–H groups in total. The molecule has 6 nitrogen and oxygen atoms in total. The minimum atomic E-state index is -0.120. The molecule has 1 saturated heterocycles. The van der Waals surface area contributed by atoms with Crippen LogP contribution < -0.4 is 10.1 Å². The van der Waals surface area contributed by atoms with Crippen LogP contribution >= 0.6 is 11.3 Å². The van der Waals surface area contributed by atoms with Crippen molar-refractivity contribution in [2.24, 2.45) is 0 Å². The van der Waals surface area contributed by atoms with Crippen molar-refractivity contribution in [2.45, 2.75) is 39.3 Å². The number of carbonyl (C=O) groups excluding carboxylic acids is 1. The Morgan fingerprint density at radius 3 is 2.73 bits per heavy atom. The summed E-state index contributed by atoms with van der Waals surface area (Å²) in [7, 11) is 0. The predicted molar refractivity (Wildman–Crippen MR) is 117 cm³/mol. The summed E-state index contributed by atoms with van der Waals surface area (Å²) >= 11 is 1.75. The van der Waals surface area contributed by atoms with E-state index in [0.717, 1.165) is 30.1 Å². The number of thiophene rings is 1. The Morgan fingerprint density at radius 1 is 1.23 bits per heavy atom. The highest BCUT2D eigenvalue weighted by atomic mass is 32.1. The summed E-state index contributed by atoms with van der Waals surface area (Å²) in [5.74, 6) is 1.17. The molecule has 1 fully saturated rings. The number of ether oxygens (including phenoxy) is 1. The van der Waals surface area contributed by atoms with Gasteiger partial charge in [-0.1, -0.05) is 23.4 Å². The molecule has 1 amide bonds. The SMILES string of the molecule is Cc1noc(C)c1COc1ccccc1C(=O)NCC(c1cccs1)N1CCCC1. The molecule has 0 spiro atoms. The van der Waals surface area contributed by atoms with Crippen molar-refractivity contribution in [2.75, 3.05) is 19.6 Å². The fourth-order valence-corrected chi connectivity index (χ4v) is 4.73. The summed E-state index contributed by atoms with van der Waals surface area (Å²) in [6.07, 6.45) is 2.43. The van der Waals surface area contributed by atoms with E-state index in [1.165, 1.54) is 17.7 Å². The van der Waals surface area contributed by atoms with E-state index in [0.29, 0.717) is 24.5 Å². The summed E-state index contributed by atoms with van der Waals surface area (Å²) in [5, 5.41) is 9.19. The van der Waals surface area contributed by atoms with Gasteiger partial charge in [-0.15, -0.1) is 11.3 Å². The molecule has 1 aromatic carbocycles. The average Bonchev–Trinajstić information content (AvgIpc) is 3.52. The van der Waals surface area contributed by atoms with Crippen LogP contribution in [0, 0.1) is 13.8 Å². The van der Waals surface area contributed by atoms with Crippen LogP contribution in [-0.4, -0.2) is 35.6 Å². The molecule has 0 saturated carbocycles. The van der Waals surface area contributed by atoms with Crippen molar-refractivity contribution in [1.82, 2.24) is 15.4 Å². The summed E-state index contributed by atoms with van der Waals surface area (Å²) in [6, 6.07) is 11.8. The topological polar surface area (TPSA) is 67.6 Å². The first-order valence-corrected chi connectivity index (χ1v) is 11.2. The Hall–Kier alpha value is -2.64. The van der Waals surface area contributed by atoms with Gasteiger partial charge < -0.3 is 14.6 Å². The van der Waals surface area contributed by atoms with Gasteiger partial charge in [0.1, 0.15) is 18.1 Å². The number of rotatable bonds is 8. The molecule has 0 radical (unpaired) electrons. The molecule has 3 heterocycles. The second-order valence-electron chi connectivity index (χ2n) is 7.57. The van der Waals surface area contributed by atoms with E-state index < -0.39 is 0 Å². The van der Waals surface area contributed by atoms with Crippen molar-refractivity contribution < 1.29 is 14.1 Å². The average molecular weight is 426 g/mol. The van der Waals surface area contributed by atoms with Crippen molar-refractivity contribution >= 4 is 17.2 Å². The maximum absolute atomic E-state index is 13.0. The normalized spacial score (nSPS) is 15.3. The number of likely N-dealkylation sites (tertiary alicyclic amines) is 1. The second-order valence-corrected chi connectivity index (χ2v) is 8.55. The molecule has 158 valence electrons. The number of hydrogen-bond donors (Lipinski definition) is 1. The number of carbonyl (C=O) groups is 1. The van der Waals surface area contributed by atoms with Gasteiger partial charge in [-0.2, -0.15) is 0 Å². The smallest absolute Gasteiger partial charge is 0.255 e. The molecule has 2 aromatic heterocycles. The Labute approximate surface area is 180 Å². The van der Waals surface area contributed by atoms with Crippen molar-refractivity contribution in [1.29, 1.82) is 0 Å². The van der Waals surface area contributed by atoms with E-state index in [1.807, 2.05) is 32.0 Å². The molecule has 1 aliphatic heterocycles. The van der Waals surface area contributed by atoms with Crippen LogP contribution in [0.1, 0.15) is 51.1 Å². The fraction of sp³-hybridized carbons (Fsp3) is 0.391. The van der Waals surface area contributed by atoms with Gasteiger partial charge in [-0.3, -0.25) is 9.69 Å². The van der Waals surface area contributed by atoms with E-state index >= 15 is 0 Å². The van der Waals surface area contributed by atoms with Crippen LogP contribution in [0.4, 0.5) is 0 Å². The molecular formula is C23H27N3O3S. The molecule has 30 heavy (non-hydrogen) atoms. The van der Waals surface area contributed by atoms with Crippen LogP contribution in [0.5, 0.6) is 5.75 Å². The minimum absolute atomic E-state index is 0.120. The van der Waals surface area contributed by atoms with Gasteiger partial charge in [0.15, 0.2) is 0 Å². The third kappa shape index (κ3) is 4.57. The van der Waals surface area contributed by atoms with E-state index in [9.17, 15) is 4.79 Å². The zero-order valence-electron chi connectivity index (χ0n) is 17.4. The van der Waals surface area contributed by atoms with Gasteiger partial charge in [0.2, 0.25) is 0 Å². The van der Waals surface area contributed by atoms with Crippen LogP contribution in [0.3, 0.4) is 0 Å². The van der Waals surface area contributed by atoms with E-state index in [4.69, 9.17) is 9.26 Å². The summed E-state index contributed by atoms with van der Waals surface area (Å²) in [4.78, 5) is 16.8. The number of aryl methyl sites for hydroxylation is 2. The Bertz CT molecular complexity index is 958. The van der Waals surface area contributed by atoms with Crippen molar-refractivity contribution in [3.8, 4) is 5.75 Å². The molecule has 0 bridgehead atoms. The van der Waals surface area contributed by atoms with Crippen molar-refractivity contribution in [3.63, 3.8) is 0 Å². The molecule has 7 heteroatoms. The molecule has 0 aliphatic carbocycles. The molecule has 1 unspecified atom stereocenters. The Morgan fingerprint density at radius 2 is 2.03 bits per heavy atom. The highest BCUT2D eigenvalue weighted by molar-refractivity contribution is 7.10. The zero-order chi connectivity index (χ0) is 20.9. The van der Waals surface area contributed by atoms with Crippen molar-refractivity contribution in [3.05, 3.63) is 69.2 Å². The third-order valence-electron chi connectivity index (χ3n) is 5.59. The van der Waals surface area contributed by atoms with E-state index in [1.54, 1.807) is 17.4 Å². The number of hydrogen-bond acceptors (Lipinski definition) is 6. The van der Waals surface area contributed by atoms with Gasteiger partial charge in [0, 0.05) is 11.4 Å². The van der Waals surface area contributed by atoms with Gasteiger partial charge >= 0.3 is 0 Å². The highest BCUT2D eigenvalue weighted by Gasteiger charge is 2.25. The van der Waals surface area contributed by atoms with Crippen LogP contribution in [0.15, 0.2) is 46.3 Å². The number of nitrogens with one attached hydrogen (secondary N) is 1. The van der Waals surface area contributed by atoms with Crippen LogP contribution in [-0.2, 0) is 6.61 Å². The number of para-hydroxylation sites is 1. The fourth-order valence-electron chi connectivity index (χ4n) is 3.87. The molecular weight excluding hydrogens is 398 g/mol. The number of nitrogens with zero attached hydrogens (tertiary/aromatic N) is 2. The minimum Gasteiger partial charge on any atom is -0.488 e. The summed E-state index contributed by atoms with van der Waals surface area (Å²) in [5.41, 5.74) is 2.26. The van der Waals surface area contributed by atoms with Gasteiger partial charge in [0.25, 0.3) is 5.91 Å². The lowest BCUT2D eigenvalue weighted by molar-refractivity contribution is 0.0934. The predicted octanol–water partition coefficient (Wildman–Crippen LogP) is 4.50. The lowest BCUT2D eigenvalue weighted by atomic mass is 10.1. The lowest BCUT2D eigenvalue weighted by Crippen LogP contribution is -2.36.